The molecule has 0 aliphatic carbocycles. The maximum atomic E-state index is 8.61. The van der Waals surface area contributed by atoms with Gasteiger partial charge in [0.05, 0.1) is 0 Å². The van der Waals surface area contributed by atoms with Gasteiger partial charge >= 0.3 is 30.5 Å². The molecule has 0 aromatic heterocycles. The average molecular weight is 247 g/mol. The van der Waals surface area contributed by atoms with Crippen molar-refractivity contribution in [2.45, 2.75) is 0 Å². The molecule has 0 bridgehead atoms. The van der Waals surface area contributed by atoms with Crippen LogP contribution in [0.1, 0.15) is 0 Å². The van der Waals surface area contributed by atoms with E-state index in [4.69, 9.17) is 16.0 Å². The van der Waals surface area contributed by atoms with Crippen LogP contribution in [0.3, 0.4) is 0 Å². The van der Waals surface area contributed by atoms with Crippen LogP contribution in [0.2, 0.25) is 0 Å². The second-order valence-electron chi connectivity index (χ2n) is 0.447. The van der Waals surface area contributed by atoms with Crippen molar-refractivity contribution >= 4 is 14.5 Å². The van der Waals surface area contributed by atoms with Crippen molar-refractivity contribution in [1.82, 2.24) is 0 Å². The van der Waals surface area contributed by atoms with Crippen molar-refractivity contribution < 1.29 is 38.4 Å². The Hall–Kier alpha value is 0.979. The van der Waals surface area contributed by atoms with Gasteiger partial charge < -0.3 is 0 Å². The summed E-state index contributed by atoms with van der Waals surface area (Å²) in [5, 5.41) is 0. The van der Waals surface area contributed by atoms with E-state index in [-0.39, 0.29) is 22.4 Å². The zero-order valence-corrected chi connectivity index (χ0v) is 5.74. The Morgan fingerprint density at radius 3 is 1.17 bits per heavy atom. The minimum absolute atomic E-state index is 0. The molecule has 6 heteroatoms. The molecule has 0 rings (SSSR count). The second kappa shape index (κ2) is 3.04. The fourth-order valence-corrected chi connectivity index (χ4v) is 0. The van der Waals surface area contributed by atoms with E-state index in [2.05, 4.69) is 0 Å². The Kier molecular flexibility index (Phi) is 5.10. The van der Waals surface area contributed by atoms with Crippen molar-refractivity contribution in [3.63, 3.8) is 0 Å². The molecule has 0 fully saturated rings. The van der Waals surface area contributed by atoms with Gasteiger partial charge in [0.15, 0.2) is 0 Å². The largest absolute Gasteiger partial charge is 0 e. The van der Waals surface area contributed by atoms with E-state index < -0.39 is 14.5 Å². The molecule has 0 saturated carbocycles. The summed E-state index contributed by atoms with van der Waals surface area (Å²) in [5.41, 5.74) is 0. The summed E-state index contributed by atoms with van der Waals surface area (Å²) in [7, 11) is 0. The van der Waals surface area contributed by atoms with E-state index in [1.807, 2.05) is 0 Å². The summed E-state index contributed by atoms with van der Waals surface area (Å²) in [4.78, 5) is 0. The summed E-state index contributed by atoms with van der Waals surface area (Å²) >= 11 is -5.88. The van der Waals surface area contributed by atoms with Crippen LogP contribution in [0.25, 0.3) is 0 Å². The Bertz CT molecular complexity index is 53.7. The van der Waals surface area contributed by atoms with Crippen LogP contribution in [-0.4, -0.2) is 14.5 Å². The molecule has 0 aromatic rings. The predicted molar refractivity (Wildman–Crippen MR) is 6.44 cm³/mol. The fourth-order valence-electron chi connectivity index (χ4n) is 0. The molecular weight excluding hydrogens is 247 g/mol. The summed E-state index contributed by atoms with van der Waals surface area (Å²) in [6, 6.07) is 0. The molecule has 0 amide bonds. The molecule has 0 spiro atoms. The van der Waals surface area contributed by atoms with Gasteiger partial charge in [-0.2, -0.15) is 0 Å². The van der Waals surface area contributed by atoms with E-state index >= 15 is 0 Å². The van der Waals surface area contributed by atoms with Gasteiger partial charge in [0.1, 0.15) is 0 Å². The van der Waals surface area contributed by atoms with E-state index in [9.17, 15) is 0 Å². The first-order valence-corrected chi connectivity index (χ1v) is 3.79. The number of hydrogen-bond donors (Lipinski definition) is 0. The molecule has 1 radical (unpaired) electrons. The van der Waals surface area contributed by atoms with Crippen LogP contribution < -0.4 is 12.3 Å². The molecule has 0 aliphatic heterocycles. The van der Waals surface area contributed by atoms with Crippen LogP contribution in [0, 0.1) is 0 Å². The Balaban J connectivity index is 0. The first kappa shape index (κ1) is 10.1. The number of hydrogen-bond acceptors (Lipinski definition) is 4. The van der Waals surface area contributed by atoms with Gasteiger partial charge in [0, 0.05) is 22.4 Å². The SMILES string of the molecule is O=[As]([O-])([O-])[O-].[Ag]. The van der Waals surface area contributed by atoms with E-state index in [1.165, 1.54) is 0 Å². The van der Waals surface area contributed by atoms with Crippen LogP contribution in [0.4, 0.5) is 0 Å². The van der Waals surface area contributed by atoms with E-state index in [0.717, 1.165) is 0 Å². The molecule has 0 heterocycles. The maximum absolute atomic E-state index is 8.61. The van der Waals surface area contributed by atoms with Gasteiger partial charge in [0.25, 0.3) is 0 Å². The zero-order chi connectivity index (χ0) is 4.50. The molecule has 43 valence electrons. The fraction of sp³-hybridized carbons (Fsp3) is 0. The molecule has 4 nitrogen and oxygen atoms in total. The second-order valence-corrected chi connectivity index (χ2v) is 2.32. The first-order valence-electron chi connectivity index (χ1n) is 0.730. The Labute approximate surface area is 53.0 Å². The van der Waals surface area contributed by atoms with Crippen LogP contribution in [-0.2, 0) is 26.1 Å². The third kappa shape index (κ3) is 82.3. The molecule has 0 atom stereocenters. The first-order chi connectivity index (χ1) is 2.00. The quantitative estimate of drug-likeness (QED) is 0.407. The van der Waals surface area contributed by atoms with Crippen LogP contribution in [0.5, 0.6) is 0 Å². The van der Waals surface area contributed by atoms with Crippen molar-refractivity contribution in [2.24, 2.45) is 0 Å². The average Bonchev–Trinajstić information content (AvgIpc) is 0.722. The summed E-state index contributed by atoms with van der Waals surface area (Å²) in [6.45, 7) is 0. The van der Waals surface area contributed by atoms with Gasteiger partial charge in [-0.1, -0.05) is 0 Å². The van der Waals surface area contributed by atoms with E-state index in [0.29, 0.717) is 0 Å². The Morgan fingerprint density at radius 2 is 1.17 bits per heavy atom. The third-order valence-corrected chi connectivity index (χ3v) is 0. The summed E-state index contributed by atoms with van der Waals surface area (Å²) in [5.74, 6) is 0. The smallest absolute Gasteiger partial charge is 0 e. The minimum atomic E-state index is -5.88. The normalized spacial score (nSPS) is 9.83. The van der Waals surface area contributed by atoms with Crippen molar-refractivity contribution in [3.8, 4) is 0 Å². The molecule has 0 N–H and O–H groups in total. The minimum Gasteiger partial charge on any atom is 0 e. The van der Waals surface area contributed by atoms with Crippen LogP contribution in [0.15, 0.2) is 0 Å². The maximum Gasteiger partial charge on any atom is 0 e. The van der Waals surface area contributed by atoms with Crippen LogP contribution >= 0.6 is 0 Å². The topological polar surface area (TPSA) is 86.2 Å². The van der Waals surface area contributed by atoms with Gasteiger partial charge in [-0.15, -0.1) is 0 Å². The molecular formula is AgAsO4-3. The van der Waals surface area contributed by atoms with Gasteiger partial charge in [-0.05, 0) is 0 Å². The van der Waals surface area contributed by atoms with Crippen molar-refractivity contribution in [3.05, 3.63) is 0 Å². The standard InChI is InChI=1S/Ag.AsH3O4/c;2-1(3,4)5/h;(H3,2,3,4,5)/p-3. The molecule has 0 aliphatic rings. The summed E-state index contributed by atoms with van der Waals surface area (Å²) in [6.07, 6.45) is 0. The van der Waals surface area contributed by atoms with Crippen molar-refractivity contribution in [1.29, 1.82) is 0 Å². The molecule has 0 saturated heterocycles. The predicted octanol–water partition coefficient (Wildman–Crippen LogP) is -4.07. The van der Waals surface area contributed by atoms with Crippen molar-refractivity contribution in [2.75, 3.05) is 0 Å². The molecule has 0 aromatic carbocycles. The monoisotopic (exact) mass is 246 g/mol. The summed E-state index contributed by atoms with van der Waals surface area (Å²) < 4.78 is 34.4. The van der Waals surface area contributed by atoms with Gasteiger partial charge in [-0.25, -0.2) is 0 Å². The van der Waals surface area contributed by atoms with Gasteiger partial charge in [-0.3, -0.25) is 0 Å². The molecule has 0 unspecified atom stereocenters. The number of rotatable bonds is 0. The molecule has 6 heavy (non-hydrogen) atoms. The van der Waals surface area contributed by atoms with E-state index in [1.54, 1.807) is 0 Å². The zero-order valence-electron chi connectivity index (χ0n) is 2.38. The third-order valence-electron chi connectivity index (χ3n) is 0. The van der Waals surface area contributed by atoms with Gasteiger partial charge in [0.2, 0.25) is 0 Å². The Morgan fingerprint density at radius 1 is 1.17 bits per heavy atom.